The van der Waals surface area contributed by atoms with Crippen LogP contribution in [0, 0.1) is 23.7 Å². The van der Waals surface area contributed by atoms with Gasteiger partial charge in [-0.25, -0.2) is 9.13 Å². The molecule has 3 N–H and O–H groups in total. The van der Waals surface area contributed by atoms with E-state index in [0.29, 0.717) is 25.7 Å². The maximum Gasteiger partial charge on any atom is 0.472 e. The van der Waals surface area contributed by atoms with Gasteiger partial charge < -0.3 is 33.8 Å². The molecule has 0 fully saturated rings. The van der Waals surface area contributed by atoms with Crippen molar-refractivity contribution in [1.82, 2.24) is 0 Å². The first-order valence-corrected chi connectivity index (χ1v) is 42.8. The molecule has 17 nitrogen and oxygen atoms in total. The van der Waals surface area contributed by atoms with Crippen molar-refractivity contribution >= 4 is 39.5 Å². The lowest BCUT2D eigenvalue weighted by Crippen LogP contribution is -2.30. The first kappa shape index (κ1) is 94.1. The van der Waals surface area contributed by atoms with Gasteiger partial charge in [0.25, 0.3) is 0 Å². The third-order valence-electron chi connectivity index (χ3n) is 18.5. The molecule has 570 valence electrons. The van der Waals surface area contributed by atoms with Gasteiger partial charge in [0.2, 0.25) is 0 Å². The summed E-state index contributed by atoms with van der Waals surface area (Å²) in [6, 6.07) is 0. The lowest BCUT2D eigenvalue weighted by molar-refractivity contribution is -0.161. The molecular formula is C77H150O17P2. The Bertz CT molecular complexity index is 1890. The molecule has 96 heavy (non-hydrogen) atoms. The van der Waals surface area contributed by atoms with E-state index in [9.17, 15) is 43.2 Å². The van der Waals surface area contributed by atoms with Crippen LogP contribution in [-0.4, -0.2) is 96.7 Å². The molecule has 7 atom stereocenters. The van der Waals surface area contributed by atoms with E-state index in [4.69, 9.17) is 37.0 Å². The number of hydrogen-bond donors (Lipinski definition) is 3. The van der Waals surface area contributed by atoms with Gasteiger partial charge in [0.15, 0.2) is 12.2 Å². The van der Waals surface area contributed by atoms with Crippen molar-refractivity contribution in [1.29, 1.82) is 0 Å². The molecular weight excluding hydrogens is 1260 g/mol. The van der Waals surface area contributed by atoms with Crippen molar-refractivity contribution in [2.24, 2.45) is 23.7 Å². The smallest absolute Gasteiger partial charge is 0.462 e. The largest absolute Gasteiger partial charge is 0.472 e. The van der Waals surface area contributed by atoms with E-state index < -0.39 is 97.5 Å². The number of hydrogen-bond acceptors (Lipinski definition) is 15. The number of unbranched alkanes of at least 4 members (excludes halogenated alkanes) is 38. The zero-order chi connectivity index (χ0) is 71.0. The SMILES string of the molecule is CCC(C)CCCCCCCCCCCCCCCCC(=O)O[C@H](COC(=O)CCCCCCCCC(C)CC)COP(=O)(O)OC[C@H](O)COP(=O)(O)OC[C@@H](COC(=O)CCCCCCCCCCCCC(C)C)OC(=O)CCCCCCCCCCCCCCC(C)C. The fourth-order valence-corrected chi connectivity index (χ4v) is 13.2. The minimum atomic E-state index is -4.96. The minimum Gasteiger partial charge on any atom is -0.462 e. The van der Waals surface area contributed by atoms with Gasteiger partial charge in [-0.15, -0.1) is 0 Å². The summed E-state index contributed by atoms with van der Waals surface area (Å²) in [7, 11) is -9.92. The van der Waals surface area contributed by atoms with Crippen molar-refractivity contribution in [2.45, 2.75) is 408 Å². The highest BCUT2D eigenvalue weighted by molar-refractivity contribution is 7.47. The van der Waals surface area contributed by atoms with Crippen LogP contribution in [0.4, 0.5) is 0 Å². The Labute approximate surface area is 588 Å². The van der Waals surface area contributed by atoms with Crippen molar-refractivity contribution in [3.05, 3.63) is 0 Å². The molecule has 0 aromatic carbocycles. The van der Waals surface area contributed by atoms with Crippen LogP contribution in [0.5, 0.6) is 0 Å². The highest BCUT2D eigenvalue weighted by atomic mass is 31.2. The molecule has 0 aromatic heterocycles. The van der Waals surface area contributed by atoms with E-state index in [-0.39, 0.29) is 25.7 Å². The summed E-state index contributed by atoms with van der Waals surface area (Å²) in [6.07, 6.45) is 51.2. The van der Waals surface area contributed by atoms with Crippen LogP contribution in [0.25, 0.3) is 0 Å². The second kappa shape index (κ2) is 66.3. The van der Waals surface area contributed by atoms with Crippen molar-refractivity contribution < 1.29 is 80.2 Å². The van der Waals surface area contributed by atoms with Crippen molar-refractivity contribution in [2.75, 3.05) is 39.6 Å². The summed E-state index contributed by atoms with van der Waals surface area (Å²) < 4.78 is 68.6. The quantitative estimate of drug-likeness (QED) is 0.0222. The zero-order valence-electron chi connectivity index (χ0n) is 63.0. The number of aliphatic hydroxyl groups is 1. The second-order valence-corrected chi connectivity index (χ2v) is 32.1. The topological polar surface area (TPSA) is 237 Å². The lowest BCUT2D eigenvalue weighted by Gasteiger charge is -2.21. The Morgan fingerprint density at radius 2 is 0.500 bits per heavy atom. The standard InChI is InChI=1S/C77H150O17P2/c1-9-69(7)55-47-39-31-25-18-13-11-12-14-19-27-33-43-51-59-77(82)94-73(64-88-75(80)58-50-42-36-35-40-48-56-70(8)10-2)66-92-96(85,86)90-62-71(78)61-89-95(83,84)91-65-72(63-87-74(79)57-49-41-32-26-22-21-24-30-38-46-54-68(5)6)93-76(81)60-52-44-34-28-20-16-15-17-23-29-37-45-53-67(3)4/h67-73,78H,9-66H2,1-8H3,(H,83,84)(H,85,86)/t69?,70?,71-,72-,73-/m1/s1. The summed E-state index contributed by atoms with van der Waals surface area (Å²) in [5.74, 6) is 0.992. The Morgan fingerprint density at radius 3 is 0.740 bits per heavy atom. The lowest BCUT2D eigenvalue weighted by atomic mass is 9.99. The van der Waals surface area contributed by atoms with E-state index in [2.05, 4.69) is 55.4 Å². The molecule has 0 bridgehead atoms. The predicted molar refractivity (Wildman–Crippen MR) is 391 cm³/mol. The highest BCUT2D eigenvalue weighted by Crippen LogP contribution is 2.45. The molecule has 0 aliphatic rings. The maximum atomic E-state index is 13.1. The third-order valence-corrected chi connectivity index (χ3v) is 20.4. The highest BCUT2D eigenvalue weighted by Gasteiger charge is 2.30. The molecule has 0 heterocycles. The number of carbonyl (C=O) groups is 4. The third kappa shape index (κ3) is 67.9. The average molecular weight is 1410 g/mol. The van der Waals surface area contributed by atoms with E-state index in [1.54, 1.807) is 0 Å². The van der Waals surface area contributed by atoms with Crippen LogP contribution in [0.1, 0.15) is 389 Å². The molecule has 0 aromatic rings. The van der Waals surface area contributed by atoms with Crippen LogP contribution >= 0.6 is 15.6 Å². The molecule has 0 amide bonds. The van der Waals surface area contributed by atoms with Crippen LogP contribution < -0.4 is 0 Å². The number of ether oxygens (including phenoxy) is 4. The van der Waals surface area contributed by atoms with E-state index in [1.165, 1.54) is 186 Å². The molecule has 0 rings (SSSR count). The fraction of sp³-hybridized carbons (Fsp3) is 0.948. The molecule has 0 radical (unpaired) electrons. The van der Waals surface area contributed by atoms with Gasteiger partial charge >= 0.3 is 39.5 Å². The van der Waals surface area contributed by atoms with Gasteiger partial charge in [0, 0.05) is 25.7 Å². The van der Waals surface area contributed by atoms with E-state index in [0.717, 1.165) is 120 Å². The monoisotopic (exact) mass is 1410 g/mol. The van der Waals surface area contributed by atoms with Gasteiger partial charge in [0.05, 0.1) is 26.4 Å². The predicted octanol–water partition coefficient (Wildman–Crippen LogP) is 22.4. The first-order valence-electron chi connectivity index (χ1n) is 39.8. The summed E-state index contributed by atoms with van der Waals surface area (Å²) in [6.45, 7) is 14.2. The van der Waals surface area contributed by atoms with Crippen LogP contribution in [0.2, 0.25) is 0 Å². The average Bonchev–Trinajstić information content (AvgIpc) is 2.98. The van der Waals surface area contributed by atoms with Crippen molar-refractivity contribution in [3.63, 3.8) is 0 Å². The number of phosphoric ester groups is 2. The van der Waals surface area contributed by atoms with Gasteiger partial charge in [-0.05, 0) is 49.4 Å². The first-order chi connectivity index (χ1) is 46.2. The normalized spacial score (nSPS) is 14.7. The maximum absolute atomic E-state index is 13.1. The molecule has 0 aliphatic carbocycles. The summed E-state index contributed by atoms with van der Waals surface area (Å²) in [5.41, 5.74) is 0. The minimum absolute atomic E-state index is 0.106. The number of aliphatic hydroxyl groups excluding tert-OH is 1. The fourth-order valence-electron chi connectivity index (χ4n) is 11.7. The Morgan fingerprint density at radius 1 is 0.292 bits per heavy atom. The molecule has 19 heteroatoms. The number of carbonyl (C=O) groups excluding carboxylic acids is 4. The summed E-state index contributed by atoms with van der Waals surface area (Å²) in [5, 5.41) is 10.6. The Balaban J connectivity index is 5.25. The van der Waals surface area contributed by atoms with Crippen LogP contribution in [0.15, 0.2) is 0 Å². The molecule has 0 aliphatic heterocycles. The van der Waals surface area contributed by atoms with Crippen molar-refractivity contribution in [3.8, 4) is 0 Å². The zero-order valence-corrected chi connectivity index (χ0v) is 64.8. The molecule has 0 saturated carbocycles. The molecule has 0 saturated heterocycles. The van der Waals surface area contributed by atoms with E-state index in [1.807, 2.05) is 0 Å². The van der Waals surface area contributed by atoms with Gasteiger partial charge in [-0.2, -0.15) is 0 Å². The summed E-state index contributed by atoms with van der Waals surface area (Å²) >= 11 is 0. The second-order valence-electron chi connectivity index (χ2n) is 29.2. The number of esters is 4. The molecule has 0 spiro atoms. The van der Waals surface area contributed by atoms with Gasteiger partial charge in [-0.1, -0.05) is 338 Å². The van der Waals surface area contributed by atoms with Gasteiger partial charge in [-0.3, -0.25) is 37.3 Å². The summed E-state index contributed by atoms with van der Waals surface area (Å²) in [4.78, 5) is 72.9. The number of rotatable bonds is 74. The number of phosphoric acid groups is 2. The van der Waals surface area contributed by atoms with Crippen LogP contribution in [0.3, 0.4) is 0 Å². The van der Waals surface area contributed by atoms with Crippen LogP contribution in [-0.2, 0) is 65.4 Å². The Kier molecular flexibility index (Phi) is 65.0. The van der Waals surface area contributed by atoms with E-state index >= 15 is 0 Å². The van der Waals surface area contributed by atoms with Gasteiger partial charge in [0.1, 0.15) is 19.3 Å². The Hall–Kier alpha value is -1.94. The molecule has 4 unspecified atom stereocenters.